The van der Waals surface area contributed by atoms with Gasteiger partial charge in [-0.05, 0) is 26.2 Å². The van der Waals surface area contributed by atoms with Crippen LogP contribution >= 0.6 is 0 Å². The Labute approximate surface area is 105 Å². The first-order valence-electron chi connectivity index (χ1n) is 7.22. The molecule has 0 amide bonds. The van der Waals surface area contributed by atoms with Crippen LogP contribution in [-0.2, 0) is 9.47 Å². The zero-order chi connectivity index (χ0) is 12.1. The van der Waals surface area contributed by atoms with Crippen molar-refractivity contribution in [2.45, 2.75) is 70.1 Å². The van der Waals surface area contributed by atoms with Crippen LogP contribution in [0.4, 0.5) is 0 Å². The molecule has 2 aliphatic heterocycles. The molecular formula is C14H27NO2. The highest BCUT2D eigenvalue weighted by atomic mass is 16.6. The van der Waals surface area contributed by atoms with Crippen molar-refractivity contribution in [3.63, 3.8) is 0 Å². The zero-order valence-electron chi connectivity index (χ0n) is 11.3. The molecule has 0 aromatic heterocycles. The van der Waals surface area contributed by atoms with Crippen molar-refractivity contribution >= 4 is 0 Å². The second-order valence-corrected chi connectivity index (χ2v) is 5.73. The summed E-state index contributed by atoms with van der Waals surface area (Å²) in [5, 5.41) is 3.77. The van der Waals surface area contributed by atoms with E-state index in [9.17, 15) is 0 Å². The largest absolute Gasteiger partial charge is 0.378 e. The fraction of sp³-hybridized carbons (Fsp3) is 1.00. The molecule has 1 spiro atoms. The van der Waals surface area contributed by atoms with Gasteiger partial charge in [-0.2, -0.15) is 0 Å². The number of hydrogen-bond acceptors (Lipinski definition) is 3. The SMILES string of the molecule is CCCCC(C)NC1CCOC2(CCOC2)C1. The molecule has 0 bridgehead atoms. The molecule has 17 heavy (non-hydrogen) atoms. The molecule has 3 atom stereocenters. The second-order valence-electron chi connectivity index (χ2n) is 5.73. The van der Waals surface area contributed by atoms with E-state index in [-0.39, 0.29) is 5.60 Å². The van der Waals surface area contributed by atoms with Gasteiger partial charge in [0.05, 0.1) is 12.2 Å². The lowest BCUT2D eigenvalue weighted by atomic mass is 9.89. The van der Waals surface area contributed by atoms with E-state index in [1.165, 1.54) is 19.3 Å². The fourth-order valence-corrected chi connectivity index (χ4v) is 3.03. The van der Waals surface area contributed by atoms with Gasteiger partial charge in [0.2, 0.25) is 0 Å². The molecule has 2 saturated heterocycles. The Morgan fingerprint density at radius 1 is 1.41 bits per heavy atom. The molecular weight excluding hydrogens is 214 g/mol. The Hall–Kier alpha value is -0.120. The maximum atomic E-state index is 5.95. The Balaban J connectivity index is 1.77. The molecule has 100 valence electrons. The molecule has 2 aliphatic rings. The van der Waals surface area contributed by atoms with Crippen molar-refractivity contribution in [2.24, 2.45) is 0 Å². The summed E-state index contributed by atoms with van der Waals surface area (Å²) in [7, 11) is 0. The van der Waals surface area contributed by atoms with E-state index >= 15 is 0 Å². The van der Waals surface area contributed by atoms with Crippen LogP contribution in [0.3, 0.4) is 0 Å². The van der Waals surface area contributed by atoms with Gasteiger partial charge >= 0.3 is 0 Å². The highest BCUT2D eigenvalue weighted by Crippen LogP contribution is 2.33. The second kappa shape index (κ2) is 6.17. The zero-order valence-corrected chi connectivity index (χ0v) is 11.3. The van der Waals surface area contributed by atoms with Gasteiger partial charge < -0.3 is 14.8 Å². The van der Waals surface area contributed by atoms with Gasteiger partial charge in [-0.3, -0.25) is 0 Å². The summed E-state index contributed by atoms with van der Waals surface area (Å²) in [6.45, 7) is 7.13. The van der Waals surface area contributed by atoms with Crippen molar-refractivity contribution in [2.75, 3.05) is 19.8 Å². The normalized spacial score (nSPS) is 35.3. The minimum Gasteiger partial charge on any atom is -0.378 e. The third kappa shape index (κ3) is 3.67. The minimum absolute atomic E-state index is 0.0421. The number of unbranched alkanes of at least 4 members (excludes halogenated alkanes) is 1. The summed E-state index contributed by atoms with van der Waals surface area (Å²) >= 11 is 0. The summed E-state index contributed by atoms with van der Waals surface area (Å²) in [5.74, 6) is 0. The summed E-state index contributed by atoms with van der Waals surface area (Å²) in [4.78, 5) is 0. The molecule has 2 rings (SSSR count). The molecule has 3 heteroatoms. The van der Waals surface area contributed by atoms with E-state index < -0.39 is 0 Å². The van der Waals surface area contributed by atoms with Crippen molar-refractivity contribution in [3.05, 3.63) is 0 Å². The maximum Gasteiger partial charge on any atom is 0.0951 e. The summed E-state index contributed by atoms with van der Waals surface area (Å²) in [6, 6.07) is 1.26. The van der Waals surface area contributed by atoms with E-state index in [1.54, 1.807) is 0 Å². The van der Waals surface area contributed by atoms with Crippen molar-refractivity contribution < 1.29 is 9.47 Å². The smallest absolute Gasteiger partial charge is 0.0951 e. The Morgan fingerprint density at radius 2 is 2.29 bits per heavy atom. The lowest BCUT2D eigenvalue weighted by molar-refractivity contribution is -0.0902. The highest BCUT2D eigenvalue weighted by Gasteiger charge is 2.41. The Morgan fingerprint density at radius 3 is 3.00 bits per heavy atom. The van der Waals surface area contributed by atoms with Gasteiger partial charge in [-0.25, -0.2) is 0 Å². The standard InChI is InChI=1S/C14H27NO2/c1-3-4-5-12(2)15-13-6-8-17-14(10-13)7-9-16-11-14/h12-13,15H,3-11H2,1-2H3. The van der Waals surface area contributed by atoms with E-state index in [2.05, 4.69) is 19.2 Å². The van der Waals surface area contributed by atoms with Crippen molar-refractivity contribution in [1.82, 2.24) is 5.32 Å². The predicted molar refractivity (Wildman–Crippen MR) is 69.3 cm³/mol. The average Bonchev–Trinajstić information content (AvgIpc) is 2.74. The number of hydrogen-bond donors (Lipinski definition) is 1. The first kappa shape index (κ1) is 13.3. The lowest BCUT2D eigenvalue weighted by Gasteiger charge is -2.38. The van der Waals surface area contributed by atoms with Crippen LogP contribution in [0.1, 0.15) is 52.4 Å². The molecule has 0 aromatic rings. The Bertz CT molecular complexity index is 226. The molecule has 1 N–H and O–H groups in total. The van der Waals surface area contributed by atoms with Crippen LogP contribution < -0.4 is 5.32 Å². The van der Waals surface area contributed by atoms with Crippen molar-refractivity contribution in [3.8, 4) is 0 Å². The van der Waals surface area contributed by atoms with Gasteiger partial charge in [0, 0.05) is 31.7 Å². The molecule has 2 heterocycles. The van der Waals surface area contributed by atoms with Crippen LogP contribution in [0.25, 0.3) is 0 Å². The van der Waals surface area contributed by atoms with Gasteiger partial charge in [0.15, 0.2) is 0 Å². The van der Waals surface area contributed by atoms with Gasteiger partial charge in [0.25, 0.3) is 0 Å². The fourth-order valence-electron chi connectivity index (χ4n) is 3.03. The van der Waals surface area contributed by atoms with Crippen LogP contribution in [0.5, 0.6) is 0 Å². The first-order valence-corrected chi connectivity index (χ1v) is 7.22. The van der Waals surface area contributed by atoms with E-state index in [1.807, 2.05) is 0 Å². The van der Waals surface area contributed by atoms with Crippen LogP contribution in [0.15, 0.2) is 0 Å². The predicted octanol–water partition coefficient (Wildman–Crippen LogP) is 2.49. The van der Waals surface area contributed by atoms with E-state index in [0.717, 1.165) is 39.1 Å². The maximum absolute atomic E-state index is 5.95. The highest BCUT2D eigenvalue weighted by molar-refractivity contribution is 4.93. The summed E-state index contributed by atoms with van der Waals surface area (Å²) in [5.41, 5.74) is 0.0421. The van der Waals surface area contributed by atoms with E-state index in [0.29, 0.717) is 12.1 Å². The Kier molecular flexibility index (Phi) is 4.83. The molecule has 2 fully saturated rings. The third-order valence-corrected chi connectivity index (χ3v) is 4.07. The molecule has 0 aliphatic carbocycles. The number of ether oxygens (including phenoxy) is 2. The molecule has 3 unspecified atom stereocenters. The summed E-state index contributed by atoms with van der Waals surface area (Å²) in [6.07, 6.45) is 7.26. The molecule has 0 radical (unpaired) electrons. The van der Waals surface area contributed by atoms with Gasteiger partial charge in [-0.15, -0.1) is 0 Å². The number of rotatable bonds is 5. The molecule has 0 aromatic carbocycles. The average molecular weight is 241 g/mol. The first-order chi connectivity index (χ1) is 8.24. The molecule has 3 nitrogen and oxygen atoms in total. The lowest BCUT2D eigenvalue weighted by Crippen LogP contribution is -2.49. The topological polar surface area (TPSA) is 30.5 Å². The number of nitrogens with one attached hydrogen (secondary N) is 1. The van der Waals surface area contributed by atoms with Gasteiger partial charge in [0.1, 0.15) is 0 Å². The summed E-state index contributed by atoms with van der Waals surface area (Å²) < 4.78 is 11.5. The quantitative estimate of drug-likeness (QED) is 0.802. The van der Waals surface area contributed by atoms with E-state index in [4.69, 9.17) is 9.47 Å². The van der Waals surface area contributed by atoms with Gasteiger partial charge in [-0.1, -0.05) is 19.8 Å². The third-order valence-electron chi connectivity index (χ3n) is 4.07. The monoisotopic (exact) mass is 241 g/mol. The molecule has 0 saturated carbocycles. The van der Waals surface area contributed by atoms with Crippen LogP contribution in [-0.4, -0.2) is 37.5 Å². The van der Waals surface area contributed by atoms with Crippen molar-refractivity contribution in [1.29, 1.82) is 0 Å². The van der Waals surface area contributed by atoms with Crippen LogP contribution in [0, 0.1) is 0 Å². The minimum atomic E-state index is 0.0421. The van der Waals surface area contributed by atoms with Crippen LogP contribution in [0.2, 0.25) is 0 Å².